The van der Waals surface area contributed by atoms with E-state index in [2.05, 4.69) is 0 Å². The third-order valence-electron chi connectivity index (χ3n) is 3.52. The molecule has 0 aliphatic rings. The monoisotopic (exact) mass is 396 g/mol. The summed E-state index contributed by atoms with van der Waals surface area (Å²) in [6.07, 6.45) is -0.254. The van der Waals surface area contributed by atoms with Crippen LogP contribution in [0, 0.1) is 34.9 Å². The molecule has 0 radical (unpaired) electrons. The van der Waals surface area contributed by atoms with Crippen LogP contribution in [-0.2, 0) is 16.0 Å². The summed E-state index contributed by atoms with van der Waals surface area (Å²) in [5.41, 5.74) is -2.19. The van der Waals surface area contributed by atoms with Gasteiger partial charge in [-0.15, -0.1) is 0 Å². The highest BCUT2D eigenvalue weighted by molar-refractivity contribution is 6.31. The molecular weight excluding hydrogens is 386 g/mol. The van der Waals surface area contributed by atoms with Crippen LogP contribution in [0.1, 0.15) is 18.9 Å². The maximum Gasteiger partial charge on any atom is 0.306 e. The fourth-order valence-corrected chi connectivity index (χ4v) is 2.53. The molecule has 0 heterocycles. The Labute approximate surface area is 149 Å². The van der Waals surface area contributed by atoms with Crippen molar-refractivity contribution < 1.29 is 35.9 Å². The van der Waals surface area contributed by atoms with Crippen molar-refractivity contribution in [3.8, 4) is 11.1 Å². The zero-order valence-electron chi connectivity index (χ0n) is 13.2. The zero-order chi connectivity index (χ0) is 19.6. The number of ether oxygens (including phenoxy) is 1. The molecular formula is C17H11ClF6O2. The van der Waals surface area contributed by atoms with Crippen LogP contribution >= 0.6 is 11.6 Å². The number of hydrogen-bond acceptors (Lipinski definition) is 2. The number of halogens is 7. The highest BCUT2D eigenvalue weighted by Gasteiger charge is 2.28. The number of esters is 1. The summed E-state index contributed by atoms with van der Waals surface area (Å²) in [6.45, 7) is 1.72. The van der Waals surface area contributed by atoms with Crippen LogP contribution in [-0.4, -0.2) is 12.6 Å². The van der Waals surface area contributed by atoms with E-state index in [1.165, 1.54) is 0 Å². The Hall–Kier alpha value is -2.22. The maximum absolute atomic E-state index is 14.1. The van der Waals surface area contributed by atoms with Gasteiger partial charge >= 0.3 is 5.97 Å². The number of carbonyl (C=O) groups excluding carboxylic acids is 1. The highest BCUT2D eigenvalue weighted by Crippen LogP contribution is 2.35. The van der Waals surface area contributed by atoms with Crippen molar-refractivity contribution in [2.45, 2.75) is 19.8 Å². The lowest BCUT2D eigenvalue weighted by atomic mass is 9.98. The van der Waals surface area contributed by atoms with Crippen molar-refractivity contribution in [3.05, 3.63) is 57.6 Å². The van der Waals surface area contributed by atoms with Crippen LogP contribution in [0.15, 0.2) is 12.1 Å². The minimum absolute atomic E-state index is 0.0830. The predicted molar refractivity (Wildman–Crippen MR) is 81.6 cm³/mol. The molecule has 0 N–H and O–H groups in total. The predicted octanol–water partition coefficient (Wildman–Crippen LogP) is 5.34. The molecule has 9 heteroatoms. The van der Waals surface area contributed by atoms with Gasteiger partial charge in [-0.1, -0.05) is 11.6 Å². The second kappa shape index (κ2) is 7.99. The Balaban J connectivity index is 2.55. The van der Waals surface area contributed by atoms with Crippen LogP contribution in [0.3, 0.4) is 0 Å². The molecule has 0 aliphatic heterocycles. The fraction of sp³-hybridized carbons (Fsp3) is 0.235. The van der Waals surface area contributed by atoms with Gasteiger partial charge in [0.2, 0.25) is 5.82 Å². The quantitative estimate of drug-likeness (QED) is 0.295. The summed E-state index contributed by atoms with van der Waals surface area (Å²) in [7, 11) is 0. The number of rotatable bonds is 5. The molecule has 2 aromatic rings. The van der Waals surface area contributed by atoms with Gasteiger partial charge in [0.25, 0.3) is 0 Å². The van der Waals surface area contributed by atoms with Gasteiger partial charge in [0, 0.05) is 17.0 Å². The van der Waals surface area contributed by atoms with E-state index in [1.54, 1.807) is 6.92 Å². The second-order valence-electron chi connectivity index (χ2n) is 5.17. The lowest BCUT2D eigenvalue weighted by Crippen LogP contribution is -2.07. The molecule has 0 unspecified atom stereocenters. The number of aryl methyl sites for hydroxylation is 1. The summed E-state index contributed by atoms with van der Waals surface area (Å²) in [5, 5.41) is -0.167. The van der Waals surface area contributed by atoms with Gasteiger partial charge in [0.05, 0.1) is 12.2 Å². The summed E-state index contributed by atoms with van der Waals surface area (Å²) >= 11 is 5.83. The van der Waals surface area contributed by atoms with Crippen molar-refractivity contribution in [1.82, 2.24) is 0 Å². The van der Waals surface area contributed by atoms with E-state index in [0.717, 1.165) is 6.07 Å². The molecule has 0 spiro atoms. The van der Waals surface area contributed by atoms with E-state index in [0.29, 0.717) is 6.07 Å². The normalized spacial score (nSPS) is 10.9. The average molecular weight is 397 g/mol. The van der Waals surface area contributed by atoms with E-state index in [4.69, 9.17) is 16.3 Å². The Morgan fingerprint density at radius 1 is 0.962 bits per heavy atom. The van der Waals surface area contributed by atoms with Gasteiger partial charge in [-0.3, -0.25) is 4.79 Å². The first kappa shape index (κ1) is 20.1. The first-order chi connectivity index (χ1) is 12.2. The van der Waals surface area contributed by atoms with Crippen LogP contribution in [0.25, 0.3) is 11.1 Å². The smallest absolute Gasteiger partial charge is 0.306 e. The average Bonchev–Trinajstić information content (AvgIpc) is 2.59. The lowest BCUT2D eigenvalue weighted by molar-refractivity contribution is -0.143. The largest absolute Gasteiger partial charge is 0.466 e. The maximum atomic E-state index is 14.1. The lowest BCUT2D eigenvalue weighted by Gasteiger charge is -2.12. The third-order valence-corrected chi connectivity index (χ3v) is 3.87. The Kier molecular flexibility index (Phi) is 6.17. The second-order valence-corrected chi connectivity index (χ2v) is 5.58. The summed E-state index contributed by atoms with van der Waals surface area (Å²) in [6, 6.07) is 1.52. The van der Waals surface area contributed by atoms with Crippen LogP contribution in [0.5, 0.6) is 0 Å². The van der Waals surface area contributed by atoms with Crippen molar-refractivity contribution in [1.29, 1.82) is 0 Å². The summed E-state index contributed by atoms with van der Waals surface area (Å²) < 4.78 is 86.5. The van der Waals surface area contributed by atoms with E-state index in [-0.39, 0.29) is 30.0 Å². The van der Waals surface area contributed by atoms with E-state index in [9.17, 15) is 31.1 Å². The fourth-order valence-electron chi connectivity index (χ4n) is 2.29. The van der Waals surface area contributed by atoms with Crippen molar-refractivity contribution in [2.75, 3.05) is 6.61 Å². The third kappa shape index (κ3) is 3.80. The minimum Gasteiger partial charge on any atom is -0.466 e. The molecule has 2 nitrogen and oxygen atoms in total. The molecule has 0 atom stereocenters. The van der Waals surface area contributed by atoms with E-state index >= 15 is 0 Å². The van der Waals surface area contributed by atoms with Gasteiger partial charge in [-0.05, 0) is 31.0 Å². The van der Waals surface area contributed by atoms with Gasteiger partial charge in [0.1, 0.15) is 5.82 Å². The van der Waals surface area contributed by atoms with Gasteiger partial charge < -0.3 is 4.74 Å². The van der Waals surface area contributed by atoms with Crippen molar-refractivity contribution in [3.63, 3.8) is 0 Å². The number of carbonyl (C=O) groups is 1. The van der Waals surface area contributed by atoms with Crippen LogP contribution in [0.4, 0.5) is 26.3 Å². The van der Waals surface area contributed by atoms with Gasteiger partial charge in [0.15, 0.2) is 23.3 Å². The minimum atomic E-state index is -2.35. The molecule has 0 amide bonds. The SMILES string of the molecule is CCOC(=O)CCc1cc(-c2c(F)c(F)c(F)c(F)c2F)c(F)cc1Cl. The molecule has 2 rings (SSSR count). The van der Waals surface area contributed by atoms with Gasteiger partial charge in [-0.2, -0.15) is 0 Å². The first-order valence-electron chi connectivity index (χ1n) is 7.34. The summed E-state index contributed by atoms with van der Waals surface area (Å²) in [5.74, 6) is -12.9. The molecule has 0 saturated carbocycles. The number of benzene rings is 2. The molecule has 0 bridgehead atoms. The molecule has 26 heavy (non-hydrogen) atoms. The van der Waals surface area contributed by atoms with Gasteiger partial charge in [-0.25, -0.2) is 26.3 Å². The van der Waals surface area contributed by atoms with Crippen LogP contribution < -0.4 is 0 Å². The summed E-state index contributed by atoms with van der Waals surface area (Å²) in [4.78, 5) is 11.4. The molecule has 140 valence electrons. The molecule has 0 saturated heterocycles. The van der Waals surface area contributed by atoms with E-state index in [1.807, 2.05) is 0 Å². The van der Waals surface area contributed by atoms with Crippen molar-refractivity contribution >= 4 is 17.6 Å². The van der Waals surface area contributed by atoms with Crippen LogP contribution in [0.2, 0.25) is 5.02 Å². The van der Waals surface area contributed by atoms with Crippen molar-refractivity contribution in [2.24, 2.45) is 0 Å². The first-order valence-corrected chi connectivity index (χ1v) is 7.72. The molecule has 0 fully saturated rings. The molecule has 0 aromatic heterocycles. The molecule has 2 aromatic carbocycles. The molecule has 0 aliphatic carbocycles. The zero-order valence-corrected chi connectivity index (χ0v) is 14.0. The van der Waals surface area contributed by atoms with E-state index < -0.39 is 52.0 Å². The Bertz CT molecular complexity index is 840. The Morgan fingerprint density at radius 3 is 2.04 bits per heavy atom. The highest BCUT2D eigenvalue weighted by atomic mass is 35.5. The standard InChI is InChI=1S/C17H11ClF6O2/c1-2-26-11(25)4-3-7-5-8(10(19)6-9(7)18)12-13(20)15(22)17(24)16(23)14(12)21/h5-6H,2-4H2,1H3. The Morgan fingerprint density at radius 2 is 1.50 bits per heavy atom. The number of hydrogen-bond donors (Lipinski definition) is 0. The topological polar surface area (TPSA) is 26.3 Å².